The molecule has 0 aliphatic rings. The Labute approximate surface area is 103 Å². The fourth-order valence-corrected chi connectivity index (χ4v) is 1.61. The average Bonchev–Trinajstić information content (AvgIpc) is 2.30. The summed E-state index contributed by atoms with van der Waals surface area (Å²) in [4.78, 5) is 2.24. The normalized spacial score (nSPS) is 11.8. The van der Waals surface area contributed by atoms with E-state index in [0.717, 1.165) is 24.3 Å². The van der Waals surface area contributed by atoms with Gasteiger partial charge in [-0.3, -0.25) is 0 Å². The van der Waals surface area contributed by atoms with Crippen molar-refractivity contribution in [2.75, 3.05) is 24.7 Å². The monoisotopic (exact) mass is 246 g/mol. The summed E-state index contributed by atoms with van der Waals surface area (Å²) >= 11 is 0. The average molecular weight is 247 g/mol. The van der Waals surface area contributed by atoms with Crippen LogP contribution >= 0.6 is 12.4 Å². The summed E-state index contributed by atoms with van der Waals surface area (Å²) in [6.45, 7) is 5.68. The molecule has 0 saturated heterocycles. The lowest BCUT2D eigenvalue weighted by atomic mass is 10.1. The van der Waals surface area contributed by atoms with Crippen molar-refractivity contribution in [1.29, 1.82) is 0 Å². The number of hydrogen-bond acceptors (Lipinski definition) is 2. The first-order valence-electron chi connectivity index (χ1n) is 5.39. The number of anilines is 1. The molecule has 0 aliphatic carbocycles. The van der Waals surface area contributed by atoms with Crippen molar-refractivity contribution >= 4 is 18.1 Å². The zero-order chi connectivity index (χ0) is 11.3. The first-order valence-corrected chi connectivity index (χ1v) is 5.39. The van der Waals surface area contributed by atoms with Gasteiger partial charge in [-0.2, -0.15) is 0 Å². The molecule has 0 saturated carbocycles. The van der Waals surface area contributed by atoms with Gasteiger partial charge in [0.05, 0.1) is 6.04 Å². The molecule has 92 valence electrons. The Kier molecular flexibility index (Phi) is 7.10. The Morgan fingerprint density at radius 2 is 1.69 bits per heavy atom. The zero-order valence-corrected chi connectivity index (χ0v) is 10.6. The SMILES string of the molecule is CCN(CC)c1ccc([C@@H](N)CF)cc1.Cl. The van der Waals surface area contributed by atoms with E-state index in [-0.39, 0.29) is 12.4 Å². The van der Waals surface area contributed by atoms with E-state index >= 15 is 0 Å². The zero-order valence-electron chi connectivity index (χ0n) is 9.82. The van der Waals surface area contributed by atoms with E-state index in [1.165, 1.54) is 0 Å². The highest BCUT2D eigenvalue weighted by Gasteiger charge is 2.06. The molecule has 4 heteroatoms. The van der Waals surface area contributed by atoms with Crippen LogP contribution < -0.4 is 10.6 Å². The number of nitrogens with two attached hydrogens (primary N) is 1. The summed E-state index contributed by atoms with van der Waals surface area (Å²) in [6.07, 6.45) is 0. The Balaban J connectivity index is 0.00000225. The van der Waals surface area contributed by atoms with Crippen molar-refractivity contribution < 1.29 is 4.39 Å². The summed E-state index contributed by atoms with van der Waals surface area (Å²) in [7, 11) is 0. The molecule has 0 fully saturated rings. The third-order valence-electron chi connectivity index (χ3n) is 2.62. The summed E-state index contributed by atoms with van der Waals surface area (Å²) in [5, 5.41) is 0. The molecule has 0 unspecified atom stereocenters. The predicted octanol–water partition coefficient (Wildman–Crippen LogP) is 2.92. The minimum absolute atomic E-state index is 0. The van der Waals surface area contributed by atoms with Gasteiger partial charge in [0, 0.05) is 18.8 Å². The molecule has 1 aromatic rings. The van der Waals surface area contributed by atoms with E-state index in [0.29, 0.717) is 0 Å². The molecule has 1 rings (SSSR count). The number of benzene rings is 1. The van der Waals surface area contributed by atoms with E-state index in [2.05, 4.69) is 18.7 Å². The number of nitrogens with zero attached hydrogens (tertiary/aromatic N) is 1. The van der Waals surface area contributed by atoms with E-state index in [1.807, 2.05) is 24.3 Å². The first kappa shape index (κ1) is 15.2. The smallest absolute Gasteiger partial charge is 0.109 e. The molecule has 16 heavy (non-hydrogen) atoms. The van der Waals surface area contributed by atoms with Gasteiger partial charge in [0.25, 0.3) is 0 Å². The maximum atomic E-state index is 12.3. The van der Waals surface area contributed by atoms with Gasteiger partial charge in [0.15, 0.2) is 0 Å². The lowest BCUT2D eigenvalue weighted by Gasteiger charge is -2.21. The van der Waals surface area contributed by atoms with Gasteiger partial charge in [0.1, 0.15) is 6.67 Å². The Bertz CT molecular complexity index is 286. The molecule has 0 aromatic heterocycles. The highest BCUT2D eigenvalue weighted by atomic mass is 35.5. The van der Waals surface area contributed by atoms with Crippen LogP contribution in [0, 0.1) is 0 Å². The second kappa shape index (κ2) is 7.47. The van der Waals surface area contributed by atoms with Crippen LogP contribution in [0.25, 0.3) is 0 Å². The van der Waals surface area contributed by atoms with Gasteiger partial charge in [-0.15, -0.1) is 12.4 Å². The van der Waals surface area contributed by atoms with Crippen LogP contribution in [0.3, 0.4) is 0 Å². The molecular weight excluding hydrogens is 227 g/mol. The van der Waals surface area contributed by atoms with Gasteiger partial charge < -0.3 is 10.6 Å². The third kappa shape index (κ3) is 3.65. The van der Waals surface area contributed by atoms with Crippen molar-refractivity contribution in [3.8, 4) is 0 Å². The fraction of sp³-hybridized carbons (Fsp3) is 0.500. The van der Waals surface area contributed by atoms with Gasteiger partial charge in [-0.1, -0.05) is 12.1 Å². The van der Waals surface area contributed by atoms with E-state index in [9.17, 15) is 4.39 Å². The van der Waals surface area contributed by atoms with E-state index in [4.69, 9.17) is 5.73 Å². The topological polar surface area (TPSA) is 29.3 Å². The lowest BCUT2D eigenvalue weighted by Crippen LogP contribution is -2.21. The van der Waals surface area contributed by atoms with E-state index in [1.54, 1.807) is 0 Å². The molecule has 2 N–H and O–H groups in total. The van der Waals surface area contributed by atoms with Gasteiger partial charge in [-0.05, 0) is 31.5 Å². The van der Waals surface area contributed by atoms with Crippen LogP contribution in [0.5, 0.6) is 0 Å². The second-order valence-corrected chi connectivity index (χ2v) is 3.52. The molecule has 0 bridgehead atoms. The Hall–Kier alpha value is -0.800. The number of rotatable bonds is 5. The minimum Gasteiger partial charge on any atom is -0.372 e. The second-order valence-electron chi connectivity index (χ2n) is 3.52. The Morgan fingerprint density at radius 1 is 1.19 bits per heavy atom. The molecule has 0 spiro atoms. The molecule has 0 aliphatic heterocycles. The molecular formula is C12H20ClFN2. The predicted molar refractivity (Wildman–Crippen MR) is 70.2 cm³/mol. The Morgan fingerprint density at radius 3 is 2.06 bits per heavy atom. The van der Waals surface area contributed by atoms with Gasteiger partial charge in [0.2, 0.25) is 0 Å². The largest absolute Gasteiger partial charge is 0.372 e. The van der Waals surface area contributed by atoms with Crippen LogP contribution in [0.4, 0.5) is 10.1 Å². The van der Waals surface area contributed by atoms with Crippen molar-refractivity contribution in [1.82, 2.24) is 0 Å². The van der Waals surface area contributed by atoms with Crippen molar-refractivity contribution in [3.63, 3.8) is 0 Å². The van der Waals surface area contributed by atoms with Gasteiger partial charge >= 0.3 is 0 Å². The summed E-state index contributed by atoms with van der Waals surface area (Å²) in [5.74, 6) is 0. The summed E-state index contributed by atoms with van der Waals surface area (Å²) in [6, 6.07) is 7.31. The molecule has 1 aromatic carbocycles. The lowest BCUT2D eigenvalue weighted by molar-refractivity contribution is 0.437. The van der Waals surface area contributed by atoms with Crippen LogP contribution in [0.15, 0.2) is 24.3 Å². The third-order valence-corrected chi connectivity index (χ3v) is 2.62. The number of halogens is 2. The molecule has 1 atom stereocenters. The van der Waals surface area contributed by atoms with Crippen molar-refractivity contribution in [2.24, 2.45) is 5.73 Å². The highest BCUT2D eigenvalue weighted by molar-refractivity contribution is 5.85. The summed E-state index contributed by atoms with van der Waals surface area (Å²) in [5.41, 5.74) is 7.61. The first-order chi connectivity index (χ1) is 7.22. The number of alkyl halides is 1. The van der Waals surface area contributed by atoms with Crippen molar-refractivity contribution in [2.45, 2.75) is 19.9 Å². The van der Waals surface area contributed by atoms with Gasteiger partial charge in [-0.25, -0.2) is 4.39 Å². The standard InChI is InChI=1S/C12H19FN2.ClH/c1-3-15(4-2)11-7-5-10(6-8-11)12(14)9-13;/h5-8,12H,3-4,9,14H2,1-2H3;1H/t12-;/m0./s1. The summed E-state index contributed by atoms with van der Waals surface area (Å²) < 4.78 is 12.3. The number of hydrogen-bond donors (Lipinski definition) is 1. The van der Waals surface area contributed by atoms with Crippen LogP contribution in [0.1, 0.15) is 25.5 Å². The highest BCUT2D eigenvalue weighted by Crippen LogP contribution is 2.18. The maximum Gasteiger partial charge on any atom is 0.109 e. The maximum absolute atomic E-state index is 12.3. The molecule has 0 radical (unpaired) electrons. The molecule has 0 amide bonds. The quantitative estimate of drug-likeness (QED) is 0.866. The fourth-order valence-electron chi connectivity index (χ4n) is 1.61. The van der Waals surface area contributed by atoms with Crippen LogP contribution in [-0.2, 0) is 0 Å². The molecule has 2 nitrogen and oxygen atoms in total. The van der Waals surface area contributed by atoms with E-state index < -0.39 is 12.7 Å². The minimum atomic E-state index is -0.509. The van der Waals surface area contributed by atoms with Crippen molar-refractivity contribution in [3.05, 3.63) is 29.8 Å². The molecule has 0 heterocycles. The van der Waals surface area contributed by atoms with Crippen LogP contribution in [-0.4, -0.2) is 19.8 Å². The van der Waals surface area contributed by atoms with Crippen LogP contribution in [0.2, 0.25) is 0 Å².